The monoisotopic (exact) mass is 353 g/mol. The van der Waals surface area contributed by atoms with Crippen LogP contribution in [0.5, 0.6) is 0 Å². The highest BCUT2D eigenvalue weighted by Crippen LogP contribution is 2.28. The number of carbonyl (C=O) groups is 2. The highest BCUT2D eigenvalue weighted by molar-refractivity contribution is 7.16. The predicted octanol–water partition coefficient (Wildman–Crippen LogP) is 2.61. The van der Waals surface area contributed by atoms with Gasteiger partial charge in [0.1, 0.15) is 21.2 Å². The van der Waals surface area contributed by atoms with Crippen LogP contribution in [-0.4, -0.2) is 28.9 Å². The lowest BCUT2D eigenvalue weighted by atomic mass is 10.0. The summed E-state index contributed by atoms with van der Waals surface area (Å²) in [7, 11) is 0. The molecule has 1 saturated heterocycles. The second-order valence-electron chi connectivity index (χ2n) is 5.48. The number of hydrogen-bond donors (Lipinski definition) is 2. The van der Waals surface area contributed by atoms with Crippen molar-refractivity contribution in [2.45, 2.75) is 18.9 Å². The number of carbonyl (C=O) groups excluding carboxylic acids is 2. The van der Waals surface area contributed by atoms with Crippen molar-refractivity contribution in [3.8, 4) is 10.6 Å². The average Bonchev–Trinajstić information content (AvgIpc) is 3.06. The van der Waals surface area contributed by atoms with Crippen molar-refractivity contribution in [2.75, 3.05) is 6.54 Å². The lowest BCUT2D eigenvalue weighted by Crippen LogP contribution is -2.51. The minimum absolute atomic E-state index is 0.201. The van der Waals surface area contributed by atoms with Gasteiger partial charge in [0.25, 0.3) is 5.91 Å². The third-order valence-electron chi connectivity index (χ3n) is 3.64. The van der Waals surface area contributed by atoms with Gasteiger partial charge in [-0.05, 0) is 31.5 Å². The van der Waals surface area contributed by atoms with Gasteiger partial charge in [0.2, 0.25) is 5.91 Å². The first-order valence-corrected chi connectivity index (χ1v) is 8.10. The van der Waals surface area contributed by atoms with E-state index in [0.717, 1.165) is 11.3 Å². The molecule has 1 atom stereocenters. The maximum Gasteiger partial charge on any atom is 0.263 e. The van der Waals surface area contributed by atoms with Crippen molar-refractivity contribution in [3.05, 3.63) is 40.1 Å². The molecule has 1 aliphatic rings. The number of halogens is 2. The van der Waals surface area contributed by atoms with Gasteiger partial charge in [-0.2, -0.15) is 0 Å². The van der Waals surface area contributed by atoms with E-state index in [4.69, 9.17) is 11.6 Å². The Kier molecular flexibility index (Phi) is 4.08. The molecule has 0 radical (unpaired) electrons. The van der Waals surface area contributed by atoms with Gasteiger partial charge in [-0.25, -0.2) is 9.37 Å². The zero-order valence-electron chi connectivity index (χ0n) is 12.2. The van der Waals surface area contributed by atoms with E-state index in [2.05, 4.69) is 15.6 Å². The molecule has 3 rings (SSSR count). The third-order valence-corrected chi connectivity index (χ3v) is 4.90. The third kappa shape index (κ3) is 3.20. The van der Waals surface area contributed by atoms with Crippen LogP contribution in [0.15, 0.2) is 24.4 Å². The normalized spacial score (nSPS) is 20.4. The summed E-state index contributed by atoms with van der Waals surface area (Å²) in [6.45, 7) is 2.22. The number of nitrogens with zero attached hydrogens (tertiary/aromatic N) is 1. The Morgan fingerprint density at radius 2 is 2.26 bits per heavy atom. The summed E-state index contributed by atoms with van der Waals surface area (Å²) < 4.78 is 13.4. The predicted molar refractivity (Wildman–Crippen MR) is 86.0 cm³/mol. The van der Waals surface area contributed by atoms with Crippen LogP contribution in [0.25, 0.3) is 10.6 Å². The van der Waals surface area contributed by atoms with E-state index in [1.54, 1.807) is 13.0 Å². The number of aromatic nitrogens is 1. The van der Waals surface area contributed by atoms with Gasteiger partial charge in [-0.15, -0.1) is 11.3 Å². The van der Waals surface area contributed by atoms with Gasteiger partial charge in [-0.1, -0.05) is 11.6 Å². The zero-order chi connectivity index (χ0) is 16.6. The first-order valence-electron chi connectivity index (χ1n) is 6.90. The number of hydrogen-bond acceptors (Lipinski definition) is 4. The smallest absolute Gasteiger partial charge is 0.263 e. The summed E-state index contributed by atoms with van der Waals surface area (Å²) in [6, 6.07) is 4.08. The molecule has 0 saturated carbocycles. The summed E-state index contributed by atoms with van der Waals surface area (Å²) in [4.78, 5) is 28.6. The summed E-state index contributed by atoms with van der Waals surface area (Å²) in [5, 5.41) is 6.16. The molecular formula is C15H13ClFN3O2S. The van der Waals surface area contributed by atoms with Gasteiger partial charge >= 0.3 is 0 Å². The van der Waals surface area contributed by atoms with Crippen LogP contribution in [0.3, 0.4) is 0 Å². The van der Waals surface area contributed by atoms with E-state index in [-0.39, 0.29) is 16.8 Å². The number of benzene rings is 1. The van der Waals surface area contributed by atoms with Crippen molar-refractivity contribution >= 4 is 34.8 Å². The Morgan fingerprint density at radius 1 is 1.48 bits per heavy atom. The van der Waals surface area contributed by atoms with Gasteiger partial charge in [0.15, 0.2) is 0 Å². The van der Waals surface area contributed by atoms with Crippen LogP contribution in [0.4, 0.5) is 4.39 Å². The highest BCUT2D eigenvalue weighted by Gasteiger charge is 2.39. The van der Waals surface area contributed by atoms with E-state index in [0.29, 0.717) is 28.4 Å². The fraction of sp³-hybridized carbons (Fsp3) is 0.267. The molecule has 120 valence electrons. The minimum atomic E-state index is -0.913. The van der Waals surface area contributed by atoms with E-state index < -0.39 is 11.4 Å². The minimum Gasteiger partial charge on any atom is -0.354 e. The van der Waals surface area contributed by atoms with E-state index >= 15 is 0 Å². The van der Waals surface area contributed by atoms with Crippen molar-refractivity contribution in [2.24, 2.45) is 0 Å². The molecule has 5 nitrogen and oxygen atoms in total. The van der Waals surface area contributed by atoms with E-state index in [1.807, 2.05) is 0 Å². The first kappa shape index (κ1) is 15.9. The zero-order valence-corrected chi connectivity index (χ0v) is 13.7. The SMILES string of the molecule is C[C@@]1(NC(=O)c2cnc(-c3cc(F)cc(Cl)c3)s2)CCNC1=O. The second kappa shape index (κ2) is 5.90. The molecular weight excluding hydrogens is 341 g/mol. The number of rotatable bonds is 3. The topological polar surface area (TPSA) is 71.1 Å². The van der Waals surface area contributed by atoms with Gasteiger partial charge in [0.05, 0.1) is 6.20 Å². The molecule has 1 aromatic carbocycles. The number of nitrogens with one attached hydrogen (secondary N) is 2. The molecule has 2 aromatic rings. The highest BCUT2D eigenvalue weighted by atomic mass is 35.5. The maximum absolute atomic E-state index is 13.4. The van der Waals surface area contributed by atoms with Gasteiger partial charge < -0.3 is 10.6 Å². The molecule has 2 N–H and O–H groups in total. The lowest BCUT2D eigenvalue weighted by molar-refractivity contribution is -0.123. The van der Waals surface area contributed by atoms with Crippen LogP contribution in [0.2, 0.25) is 5.02 Å². The molecule has 0 spiro atoms. The molecule has 0 bridgehead atoms. The molecule has 0 aliphatic carbocycles. The quantitative estimate of drug-likeness (QED) is 0.891. The summed E-state index contributed by atoms with van der Waals surface area (Å²) in [5.41, 5.74) is -0.410. The van der Waals surface area contributed by atoms with Crippen LogP contribution < -0.4 is 10.6 Å². The van der Waals surface area contributed by atoms with Crippen molar-refractivity contribution in [1.82, 2.24) is 15.6 Å². The molecule has 1 aromatic heterocycles. The average molecular weight is 354 g/mol. The fourth-order valence-corrected chi connectivity index (χ4v) is 3.38. The Hall–Kier alpha value is -1.99. The van der Waals surface area contributed by atoms with E-state index in [9.17, 15) is 14.0 Å². The van der Waals surface area contributed by atoms with Crippen molar-refractivity contribution in [1.29, 1.82) is 0 Å². The Morgan fingerprint density at radius 3 is 2.91 bits per heavy atom. The summed E-state index contributed by atoms with van der Waals surface area (Å²) in [6.07, 6.45) is 1.94. The summed E-state index contributed by atoms with van der Waals surface area (Å²) >= 11 is 6.94. The Bertz CT molecular complexity index is 775. The van der Waals surface area contributed by atoms with Crippen LogP contribution in [-0.2, 0) is 4.79 Å². The van der Waals surface area contributed by atoms with Crippen LogP contribution >= 0.6 is 22.9 Å². The summed E-state index contributed by atoms with van der Waals surface area (Å²) in [5.74, 6) is -1.05. The molecule has 1 fully saturated rings. The molecule has 2 heterocycles. The van der Waals surface area contributed by atoms with Crippen molar-refractivity contribution < 1.29 is 14.0 Å². The largest absolute Gasteiger partial charge is 0.354 e. The maximum atomic E-state index is 13.4. The van der Waals surface area contributed by atoms with Gasteiger partial charge in [0, 0.05) is 17.1 Å². The van der Waals surface area contributed by atoms with Crippen molar-refractivity contribution in [3.63, 3.8) is 0 Å². The Labute approximate surface area is 140 Å². The van der Waals surface area contributed by atoms with Crippen LogP contribution in [0, 0.1) is 5.82 Å². The molecule has 2 amide bonds. The van der Waals surface area contributed by atoms with Gasteiger partial charge in [-0.3, -0.25) is 9.59 Å². The number of thiazole rings is 1. The molecule has 1 aliphatic heterocycles. The Balaban J connectivity index is 1.81. The van der Waals surface area contributed by atoms with Crippen LogP contribution in [0.1, 0.15) is 23.0 Å². The molecule has 0 unspecified atom stereocenters. The lowest BCUT2D eigenvalue weighted by Gasteiger charge is -2.21. The number of amides is 2. The van der Waals surface area contributed by atoms with E-state index in [1.165, 1.54) is 18.3 Å². The molecule has 8 heteroatoms. The molecule has 23 heavy (non-hydrogen) atoms. The standard InChI is InChI=1S/C15H13ClFN3O2S/c1-15(2-3-18-14(15)22)20-12(21)11-7-19-13(23-11)8-4-9(16)6-10(17)5-8/h4-7H,2-3H2,1H3,(H,18,22)(H,20,21)/t15-/m1/s1. The fourth-order valence-electron chi connectivity index (χ4n) is 2.36. The first-order chi connectivity index (χ1) is 10.9. The second-order valence-corrected chi connectivity index (χ2v) is 6.95.